The Balaban J connectivity index is 1.88. The second-order valence-corrected chi connectivity index (χ2v) is 4.34. The van der Waals surface area contributed by atoms with Crippen LogP contribution in [0.4, 0.5) is 0 Å². The fraction of sp³-hybridized carbons (Fsp3) is 0.500. The standard InChI is InChI=1S/C14H18O3/c1-2-16-10-13-9-12(14(15)17-13)8-11-6-4-3-5-7-11/h3-7,12-13H,2,8-10H2,1H3. The quantitative estimate of drug-likeness (QED) is 0.733. The maximum atomic E-state index is 11.7. The third-order valence-electron chi connectivity index (χ3n) is 3.00. The molecule has 0 N–H and O–H groups in total. The van der Waals surface area contributed by atoms with Gasteiger partial charge in [0.2, 0.25) is 0 Å². The Morgan fingerprint density at radius 3 is 2.82 bits per heavy atom. The van der Waals surface area contributed by atoms with Crippen molar-refractivity contribution in [3.63, 3.8) is 0 Å². The molecule has 0 aliphatic carbocycles. The average molecular weight is 234 g/mol. The predicted octanol–water partition coefficient (Wildman–Crippen LogP) is 2.20. The maximum absolute atomic E-state index is 11.7. The van der Waals surface area contributed by atoms with Crippen molar-refractivity contribution in [3.05, 3.63) is 35.9 Å². The van der Waals surface area contributed by atoms with Crippen molar-refractivity contribution >= 4 is 5.97 Å². The second kappa shape index (κ2) is 5.82. The van der Waals surface area contributed by atoms with Gasteiger partial charge in [-0.25, -0.2) is 0 Å². The molecule has 1 aromatic carbocycles. The van der Waals surface area contributed by atoms with Gasteiger partial charge in [-0.15, -0.1) is 0 Å². The number of benzene rings is 1. The summed E-state index contributed by atoms with van der Waals surface area (Å²) >= 11 is 0. The highest BCUT2D eigenvalue weighted by Gasteiger charge is 2.34. The molecule has 1 heterocycles. The zero-order chi connectivity index (χ0) is 12.1. The summed E-state index contributed by atoms with van der Waals surface area (Å²) in [4.78, 5) is 11.7. The molecule has 0 amide bonds. The number of esters is 1. The SMILES string of the molecule is CCOCC1CC(Cc2ccccc2)C(=O)O1. The monoisotopic (exact) mass is 234 g/mol. The molecule has 1 fully saturated rings. The highest BCUT2D eigenvalue weighted by atomic mass is 16.6. The van der Waals surface area contributed by atoms with Crippen LogP contribution in [0, 0.1) is 5.92 Å². The molecule has 17 heavy (non-hydrogen) atoms. The summed E-state index contributed by atoms with van der Waals surface area (Å²) in [5.41, 5.74) is 1.19. The third-order valence-corrected chi connectivity index (χ3v) is 3.00. The summed E-state index contributed by atoms with van der Waals surface area (Å²) in [6.07, 6.45) is 1.48. The molecule has 1 aromatic rings. The summed E-state index contributed by atoms with van der Waals surface area (Å²) in [6, 6.07) is 10.1. The molecule has 2 atom stereocenters. The topological polar surface area (TPSA) is 35.5 Å². The molecular weight excluding hydrogens is 216 g/mol. The smallest absolute Gasteiger partial charge is 0.309 e. The van der Waals surface area contributed by atoms with Crippen LogP contribution in [0.1, 0.15) is 18.9 Å². The minimum Gasteiger partial charge on any atom is -0.460 e. The van der Waals surface area contributed by atoms with E-state index in [1.807, 2.05) is 37.3 Å². The van der Waals surface area contributed by atoms with E-state index in [2.05, 4.69) is 0 Å². The number of carbonyl (C=O) groups is 1. The molecule has 1 aliphatic rings. The number of cyclic esters (lactones) is 1. The van der Waals surface area contributed by atoms with Crippen molar-refractivity contribution in [3.8, 4) is 0 Å². The van der Waals surface area contributed by atoms with E-state index in [-0.39, 0.29) is 18.0 Å². The minimum atomic E-state index is -0.0847. The molecule has 92 valence electrons. The number of rotatable bonds is 5. The van der Waals surface area contributed by atoms with Crippen LogP contribution in [0.15, 0.2) is 30.3 Å². The molecule has 2 unspecified atom stereocenters. The number of hydrogen-bond acceptors (Lipinski definition) is 3. The van der Waals surface area contributed by atoms with Crippen LogP contribution in [-0.4, -0.2) is 25.3 Å². The summed E-state index contributed by atoms with van der Waals surface area (Å²) in [5, 5.41) is 0. The van der Waals surface area contributed by atoms with E-state index in [4.69, 9.17) is 9.47 Å². The van der Waals surface area contributed by atoms with E-state index in [0.29, 0.717) is 13.2 Å². The minimum absolute atomic E-state index is 0.0112. The first kappa shape index (κ1) is 12.1. The number of hydrogen-bond donors (Lipinski definition) is 0. The van der Waals surface area contributed by atoms with Gasteiger partial charge in [-0.3, -0.25) is 4.79 Å². The van der Waals surface area contributed by atoms with E-state index < -0.39 is 0 Å². The molecule has 0 radical (unpaired) electrons. The Morgan fingerprint density at radius 2 is 2.12 bits per heavy atom. The van der Waals surface area contributed by atoms with Crippen LogP contribution in [-0.2, 0) is 20.7 Å². The van der Waals surface area contributed by atoms with Crippen molar-refractivity contribution in [2.75, 3.05) is 13.2 Å². The van der Waals surface area contributed by atoms with Crippen molar-refractivity contribution in [1.82, 2.24) is 0 Å². The Labute approximate surface area is 102 Å². The van der Waals surface area contributed by atoms with Crippen LogP contribution in [0.5, 0.6) is 0 Å². The fourth-order valence-corrected chi connectivity index (χ4v) is 2.14. The first-order valence-corrected chi connectivity index (χ1v) is 6.11. The number of ether oxygens (including phenoxy) is 2. The van der Waals surface area contributed by atoms with Crippen LogP contribution in [0.25, 0.3) is 0 Å². The predicted molar refractivity (Wildman–Crippen MR) is 64.6 cm³/mol. The van der Waals surface area contributed by atoms with Gasteiger partial charge in [-0.05, 0) is 18.9 Å². The lowest BCUT2D eigenvalue weighted by atomic mass is 9.96. The van der Waals surface area contributed by atoms with Crippen molar-refractivity contribution < 1.29 is 14.3 Å². The van der Waals surface area contributed by atoms with E-state index in [1.54, 1.807) is 0 Å². The third kappa shape index (κ3) is 3.30. The van der Waals surface area contributed by atoms with Crippen molar-refractivity contribution in [2.24, 2.45) is 5.92 Å². The molecule has 0 spiro atoms. The van der Waals surface area contributed by atoms with Gasteiger partial charge in [-0.2, -0.15) is 0 Å². The Kier molecular flexibility index (Phi) is 4.15. The molecule has 1 aliphatic heterocycles. The van der Waals surface area contributed by atoms with Crippen LogP contribution >= 0.6 is 0 Å². The van der Waals surface area contributed by atoms with E-state index in [1.165, 1.54) is 5.56 Å². The molecule has 1 saturated heterocycles. The maximum Gasteiger partial charge on any atom is 0.309 e. The Hall–Kier alpha value is -1.35. The zero-order valence-corrected chi connectivity index (χ0v) is 10.1. The highest BCUT2D eigenvalue weighted by molar-refractivity contribution is 5.75. The largest absolute Gasteiger partial charge is 0.460 e. The molecular formula is C14H18O3. The normalized spacial score (nSPS) is 23.7. The highest BCUT2D eigenvalue weighted by Crippen LogP contribution is 2.25. The van der Waals surface area contributed by atoms with E-state index in [0.717, 1.165) is 12.8 Å². The molecule has 3 heteroatoms. The summed E-state index contributed by atoms with van der Waals surface area (Å²) in [5.74, 6) is -0.0959. The summed E-state index contributed by atoms with van der Waals surface area (Å²) < 4.78 is 10.6. The van der Waals surface area contributed by atoms with Crippen LogP contribution in [0.2, 0.25) is 0 Å². The van der Waals surface area contributed by atoms with Gasteiger partial charge in [0.15, 0.2) is 0 Å². The summed E-state index contributed by atoms with van der Waals surface area (Å²) in [6.45, 7) is 3.13. The number of carbonyl (C=O) groups excluding carboxylic acids is 1. The van der Waals surface area contributed by atoms with Crippen molar-refractivity contribution in [1.29, 1.82) is 0 Å². The lowest BCUT2D eigenvalue weighted by Gasteiger charge is -2.07. The average Bonchev–Trinajstić information content (AvgIpc) is 2.69. The lowest BCUT2D eigenvalue weighted by Crippen LogP contribution is -2.14. The van der Waals surface area contributed by atoms with E-state index >= 15 is 0 Å². The molecule has 0 aromatic heterocycles. The summed E-state index contributed by atoms with van der Waals surface area (Å²) in [7, 11) is 0. The first-order chi connectivity index (χ1) is 8.29. The molecule has 0 saturated carbocycles. The Morgan fingerprint density at radius 1 is 1.35 bits per heavy atom. The first-order valence-electron chi connectivity index (χ1n) is 6.11. The molecule has 3 nitrogen and oxygen atoms in total. The van der Waals surface area contributed by atoms with Crippen LogP contribution < -0.4 is 0 Å². The lowest BCUT2D eigenvalue weighted by molar-refractivity contribution is -0.146. The van der Waals surface area contributed by atoms with Gasteiger partial charge < -0.3 is 9.47 Å². The van der Waals surface area contributed by atoms with Gasteiger partial charge >= 0.3 is 5.97 Å². The molecule has 0 bridgehead atoms. The van der Waals surface area contributed by atoms with Crippen LogP contribution in [0.3, 0.4) is 0 Å². The van der Waals surface area contributed by atoms with Crippen molar-refractivity contribution in [2.45, 2.75) is 25.9 Å². The van der Waals surface area contributed by atoms with Gasteiger partial charge in [-0.1, -0.05) is 30.3 Å². The Bertz CT molecular complexity index is 361. The molecule has 2 rings (SSSR count). The van der Waals surface area contributed by atoms with Gasteiger partial charge in [0.1, 0.15) is 6.10 Å². The van der Waals surface area contributed by atoms with E-state index in [9.17, 15) is 4.79 Å². The zero-order valence-electron chi connectivity index (χ0n) is 10.1. The van der Waals surface area contributed by atoms with Gasteiger partial charge in [0, 0.05) is 13.0 Å². The van der Waals surface area contributed by atoms with Gasteiger partial charge in [0.05, 0.1) is 12.5 Å². The second-order valence-electron chi connectivity index (χ2n) is 4.34. The fourth-order valence-electron chi connectivity index (χ4n) is 2.14. The van der Waals surface area contributed by atoms with Gasteiger partial charge in [0.25, 0.3) is 0 Å².